The molecule has 26 heavy (non-hydrogen) atoms. The van der Waals surface area contributed by atoms with Crippen molar-refractivity contribution in [1.82, 2.24) is 15.3 Å². The zero-order valence-corrected chi connectivity index (χ0v) is 14.8. The Hall–Kier alpha value is -3.16. The summed E-state index contributed by atoms with van der Waals surface area (Å²) in [5.41, 5.74) is 1.02. The maximum absolute atomic E-state index is 12.3. The van der Waals surface area contributed by atoms with Crippen LogP contribution in [0.1, 0.15) is 18.4 Å². The van der Waals surface area contributed by atoms with Crippen LogP contribution in [-0.4, -0.2) is 47.2 Å². The summed E-state index contributed by atoms with van der Waals surface area (Å²) in [6, 6.07) is 10.6. The number of aliphatic carboxylic acids is 1. The Morgan fingerprint density at radius 3 is 2.58 bits per heavy atom. The molecule has 0 bridgehead atoms. The second-order valence-corrected chi connectivity index (χ2v) is 6.05. The quantitative estimate of drug-likeness (QED) is 0.668. The third kappa shape index (κ3) is 6.39. The maximum Gasteiger partial charge on any atom is 0.321 e. The lowest BCUT2D eigenvalue weighted by Gasteiger charge is -2.18. The molecule has 2 aromatic rings. The third-order valence-electron chi connectivity index (χ3n) is 3.69. The molecule has 0 fully saturated rings. The van der Waals surface area contributed by atoms with Gasteiger partial charge in [0.2, 0.25) is 5.95 Å². The molecular formula is C18H23N5O3. The molecule has 2 amide bonds. The number of urea groups is 1. The number of aromatic nitrogens is 2. The lowest BCUT2D eigenvalue weighted by Crippen LogP contribution is -2.40. The van der Waals surface area contributed by atoms with Gasteiger partial charge in [-0.2, -0.15) is 4.98 Å². The number of carboxylic acids is 1. The van der Waals surface area contributed by atoms with E-state index in [1.807, 2.05) is 44.4 Å². The zero-order chi connectivity index (χ0) is 18.9. The van der Waals surface area contributed by atoms with Gasteiger partial charge in [-0.25, -0.2) is 9.78 Å². The Kier molecular flexibility index (Phi) is 6.90. The van der Waals surface area contributed by atoms with E-state index >= 15 is 0 Å². The fourth-order valence-corrected chi connectivity index (χ4v) is 2.40. The highest BCUT2D eigenvalue weighted by atomic mass is 16.4. The number of hydrogen-bond acceptors (Lipinski definition) is 5. The summed E-state index contributed by atoms with van der Waals surface area (Å²) in [6.45, 7) is 0. The highest BCUT2D eigenvalue weighted by Crippen LogP contribution is 2.10. The molecule has 8 nitrogen and oxygen atoms in total. The minimum atomic E-state index is -0.896. The Labute approximate surface area is 152 Å². The van der Waals surface area contributed by atoms with Gasteiger partial charge in [-0.05, 0) is 24.5 Å². The molecule has 0 aliphatic rings. The summed E-state index contributed by atoms with van der Waals surface area (Å²) in [4.78, 5) is 33.2. The van der Waals surface area contributed by atoms with Crippen LogP contribution in [-0.2, 0) is 11.2 Å². The minimum absolute atomic E-state index is 0.0234. The van der Waals surface area contributed by atoms with E-state index in [4.69, 9.17) is 5.11 Å². The molecular weight excluding hydrogens is 334 g/mol. The van der Waals surface area contributed by atoms with Crippen molar-refractivity contribution in [3.63, 3.8) is 0 Å². The van der Waals surface area contributed by atoms with E-state index in [0.29, 0.717) is 18.7 Å². The first-order chi connectivity index (χ1) is 12.4. The molecule has 138 valence electrons. The SMILES string of the molecule is CN(C)c1ccnc(NC(=O)NC(CCC(=O)O)Cc2ccccc2)n1. The van der Waals surface area contributed by atoms with Crippen molar-refractivity contribution in [2.45, 2.75) is 25.3 Å². The van der Waals surface area contributed by atoms with Crippen LogP contribution >= 0.6 is 0 Å². The molecule has 3 N–H and O–H groups in total. The molecule has 1 aromatic carbocycles. The van der Waals surface area contributed by atoms with E-state index < -0.39 is 12.0 Å². The Morgan fingerprint density at radius 2 is 1.92 bits per heavy atom. The van der Waals surface area contributed by atoms with E-state index in [1.165, 1.54) is 0 Å². The van der Waals surface area contributed by atoms with Crippen LogP contribution in [0, 0.1) is 0 Å². The van der Waals surface area contributed by atoms with Gasteiger partial charge in [0.25, 0.3) is 0 Å². The summed E-state index contributed by atoms with van der Waals surface area (Å²) < 4.78 is 0. The van der Waals surface area contributed by atoms with Gasteiger partial charge in [-0.1, -0.05) is 30.3 Å². The molecule has 8 heteroatoms. The largest absolute Gasteiger partial charge is 0.481 e. The Morgan fingerprint density at radius 1 is 1.19 bits per heavy atom. The van der Waals surface area contributed by atoms with Crippen molar-refractivity contribution in [2.75, 3.05) is 24.3 Å². The number of carbonyl (C=O) groups is 2. The van der Waals surface area contributed by atoms with Gasteiger partial charge in [-0.3, -0.25) is 10.1 Å². The van der Waals surface area contributed by atoms with Crippen molar-refractivity contribution >= 4 is 23.8 Å². The van der Waals surface area contributed by atoms with Crippen molar-refractivity contribution in [1.29, 1.82) is 0 Å². The number of amides is 2. The number of nitrogens with zero attached hydrogens (tertiary/aromatic N) is 3. The average Bonchev–Trinajstić information content (AvgIpc) is 2.60. The van der Waals surface area contributed by atoms with Gasteiger partial charge >= 0.3 is 12.0 Å². The third-order valence-corrected chi connectivity index (χ3v) is 3.69. The van der Waals surface area contributed by atoms with Crippen LogP contribution in [0.25, 0.3) is 0 Å². The number of hydrogen-bond donors (Lipinski definition) is 3. The molecule has 0 radical (unpaired) electrons. The van der Waals surface area contributed by atoms with Crippen LogP contribution in [0.2, 0.25) is 0 Å². The van der Waals surface area contributed by atoms with E-state index in [-0.39, 0.29) is 18.4 Å². The normalized spacial score (nSPS) is 11.5. The first kappa shape index (κ1) is 19.2. The molecule has 2 rings (SSSR count). The van der Waals surface area contributed by atoms with Gasteiger partial charge in [0.05, 0.1) is 0 Å². The van der Waals surface area contributed by atoms with E-state index in [9.17, 15) is 9.59 Å². The summed E-state index contributed by atoms with van der Waals surface area (Å²) in [7, 11) is 3.68. The topological polar surface area (TPSA) is 107 Å². The summed E-state index contributed by atoms with van der Waals surface area (Å²) in [5, 5.41) is 14.3. The predicted molar refractivity (Wildman–Crippen MR) is 99.3 cm³/mol. The van der Waals surface area contributed by atoms with Crippen molar-refractivity contribution in [3.05, 3.63) is 48.2 Å². The molecule has 1 aromatic heterocycles. The lowest BCUT2D eigenvalue weighted by molar-refractivity contribution is -0.137. The van der Waals surface area contributed by atoms with Gasteiger partial charge in [-0.15, -0.1) is 0 Å². The van der Waals surface area contributed by atoms with E-state index in [2.05, 4.69) is 20.6 Å². The van der Waals surface area contributed by atoms with Gasteiger partial charge in [0.15, 0.2) is 0 Å². The molecule has 1 atom stereocenters. The molecule has 1 heterocycles. The van der Waals surface area contributed by atoms with Crippen molar-refractivity contribution in [2.24, 2.45) is 0 Å². The molecule has 0 spiro atoms. The molecule has 0 saturated heterocycles. The molecule has 0 aliphatic carbocycles. The number of carbonyl (C=O) groups excluding carboxylic acids is 1. The fourth-order valence-electron chi connectivity index (χ4n) is 2.40. The highest BCUT2D eigenvalue weighted by molar-refractivity contribution is 5.87. The van der Waals surface area contributed by atoms with E-state index in [0.717, 1.165) is 5.56 Å². The molecule has 0 saturated carbocycles. The summed E-state index contributed by atoms with van der Waals surface area (Å²) >= 11 is 0. The smallest absolute Gasteiger partial charge is 0.321 e. The summed E-state index contributed by atoms with van der Waals surface area (Å²) in [5.74, 6) is -0.0419. The number of benzene rings is 1. The van der Waals surface area contributed by atoms with Crippen LogP contribution < -0.4 is 15.5 Å². The van der Waals surface area contributed by atoms with Crippen molar-refractivity contribution in [3.8, 4) is 0 Å². The predicted octanol–water partition coefficient (Wildman–Crippen LogP) is 2.14. The molecule has 0 aliphatic heterocycles. The van der Waals surface area contributed by atoms with Gasteiger partial charge < -0.3 is 15.3 Å². The monoisotopic (exact) mass is 357 g/mol. The number of rotatable bonds is 8. The standard InChI is InChI=1S/C18H23N5O3/c1-23(2)15-10-11-19-17(21-15)22-18(26)20-14(8-9-16(24)25)12-13-6-4-3-5-7-13/h3-7,10-11,14H,8-9,12H2,1-2H3,(H,24,25)(H2,19,20,21,22,26). The second-order valence-electron chi connectivity index (χ2n) is 6.05. The maximum atomic E-state index is 12.3. The van der Waals surface area contributed by atoms with Crippen LogP contribution in [0.15, 0.2) is 42.6 Å². The number of nitrogens with one attached hydrogen (secondary N) is 2. The summed E-state index contributed by atoms with van der Waals surface area (Å²) in [6.07, 6.45) is 2.41. The highest BCUT2D eigenvalue weighted by Gasteiger charge is 2.15. The zero-order valence-electron chi connectivity index (χ0n) is 14.8. The first-order valence-corrected chi connectivity index (χ1v) is 8.27. The average molecular weight is 357 g/mol. The minimum Gasteiger partial charge on any atom is -0.481 e. The van der Waals surface area contributed by atoms with E-state index in [1.54, 1.807) is 17.2 Å². The lowest BCUT2D eigenvalue weighted by atomic mass is 10.0. The van der Waals surface area contributed by atoms with Gasteiger partial charge in [0.1, 0.15) is 5.82 Å². The fraction of sp³-hybridized carbons (Fsp3) is 0.333. The number of anilines is 2. The molecule has 1 unspecified atom stereocenters. The van der Waals surface area contributed by atoms with Crippen molar-refractivity contribution < 1.29 is 14.7 Å². The van der Waals surface area contributed by atoms with Crippen LogP contribution in [0.4, 0.5) is 16.6 Å². The Bertz CT molecular complexity index is 737. The van der Waals surface area contributed by atoms with Crippen LogP contribution in [0.5, 0.6) is 0 Å². The number of carboxylic acid groups (broad SMARTS) is 1. The second kappa shape index (κ2) is 9.36. The van der Waals surface area contributed by atoms with Crippen LogP contribution in [0.3, 0.4) is 0 Å². The Balaban J connectivity index is 2.00. The van der Waals surface area contributed by atoms with Gasteiger partial charge in [0, 0.05) is 32.8 Å². The first-order valence-electron chi connectivity index (χ1n) is 8.27.